The van der Waals surface area contributed by atoms with Crippen LogP contribution in [-0.2, 0) is 10.4 Å². The summed E-state index contributed by atoms with van der Waals surface area (Å²) in [5.74, 6) is 1.04. The molecule has 1 aromatic carbocycles. The molecule has 29 heavy (non-hydrogen) atoms. The van der Waals surface area contributed by atoms with Gasteiger partial charge in [-0.25, -0.2) is 0 Å². The SMILES string of the molecule is COc1ccc(C2(O)CCN(CC(=O)N3CCN(C4CCCC4)CC3)CC2)cc1. The van der Waals surface area contributed by atoms with E-state index in [2.05, 4.69) is 9.80 Å². The molecule has 3 fully saturated rings. The van der Waals surface area contributed by atoms with Gasteiger partial charge in [0, 0.05) is 45.3 Å². The molecule has 1 amide bonds. The summed E-state index contributed by atoms with van der Waals surface area (Å²) >= 11 is 0. The van der Waals surface area contributed by atoms with E-state index in [-0.39, 0.29) is 5.91 Å². The highest BCUT2D eigenvalue weighted by atomic mass is 16.5. The van der Waals surface area contributed by atoms with Crippen molar-refractivity contribution in [2.45, 2.75) is 50.2 Å². The van der Waals surface area contributed by atoms with Crippen molar-refractivity contribution in [3.05, 3.63) is 29.8 Å². The summed E-state index contributed by atoms with van der Waals surface area (Å²) in [5, 5.41) is 11.1. The average Bonchev–Trinajstić information content (AvgIpc) is 3.30. The fraction of sp³-hybridized carbons (Fsp3) is 0.696. The second kappa shape index (κ2) is 9.02. The van der Waals surface area contributed by atoms with Crippen molar-refractivity contribution >= 4 is 5.91 Å². The number of hydrogen-bond donors (Lipinski definition) is 1. The lowest BCUT2D eigenvalue weighted by atomic mass is 9.84. The van der Waals surface area contributed by atoms with E-state index in [9.17, 15) is 9.90 Å². The smallest absolute Gasteiger partial charge is 0.236 e. The monoisotopic (exact) mass is 401 g/mol. The third kappa shape index (κ3) is 4.76. The normalized spacial score (nSPS) is 24.0. The standard InChI is InChI=1S/C23H35N3O3/c1-29-21-8-6-19(7-9-21)23(28)10-12-24(13-11-23)18-22(27)26-16-14-25(15-17-26)20-4-2-3-5-20/h6-9,20,28H,2-5,10-18H2,1H3. The van der Waals surface area contributed by atoms with Gasteiger partial charge in [-0.05, 0) is 43.4 Å². The Morgan fingerprint density at radius 3 is 2.24 bits per heavy atom. The molecule has 0 radical (unpaired) electrons. The molecule has 160 valence electrons. The van der Waals surface area contributed by atoms with Crippen LogP contribution >= 0.6 is 0 Å². The third-order valence-corrected chi connectivity index (χ3v) is 7.18. The molecule has 0 unspecified atom stereocenters. The number of nitrogens with zero attached hydrogens (tertiary/aromatic N) is 3. The molecular formula is C23H35N3O3. The van der Waals surface area contributed by atoms with Crippen LogP contribution in [0.15, 0.2) is 24.3 Å². The minimum Gasteiger partial charge on any atom is -0.497 e. The lowest BCUT2D eigenvalue weighted by Gasteiger charge is -2.41. The lowest BCUT2D eigenvalue weighted by molar-refractivity contribution is -0.135. The number of piperazine rings is 1. The molecule has 6 heteroatoms. The Balaban J connectivity index is 1.23. The topological polar surface area (TPSA) is 56.3 Å². The number of carbonyl (C=O) groups is 1. The minimum absolute atomic E-state index is 0.242. The van der Waals surface area contributed by atoms with E-state index in [1.807, 2.05) is 29.2 Å². The average molecular weight is 402 g/mol. The Hall–Kier alpha value is -1.63. The molecule has 1 aliphatic carbocycles. The molecule has 0 atom stereocenters. The lowest BCUT2D eigenvalue weighted by Crippen LogP contribution is -2.54. The van der Waals surface area contributed by atoms with Crippen molar-refractivity contribution < 1.29 is 14.6 Å². The summed E-state index contributed by atoms with van der Waals surface area (Å²) < 4.78 is 5.21. The van der Waals surface area contributed by atoms with Gasteiger partial charge in [-0.3, -0.25) is 14.6 Å². The minimum atomic E-state index is -0.807. The highest BCUT2D eigenvalue weighted by Gasteiger charge is 2.35. The van der Waals surface area contributed by atoms with Crippen LogP contribution in [0.4, 0.5) is 0 Å². The summed E-state index contributed by atoms with van der Waals surface area (Å²) in [6.07, 6.45) is 6.70. The van der Waals surface area contributed by atoms with Crippen LogP contribution in [0.25, 0.3) is 0 Å². The summed E-state index contributed by atoms with van der Waals surface area (Å²) in [5.41, 5.74) is 0.131. The maximum Gasteiger partial charge on any atom is 0.236 e. The maximum atomic E-state index is 12.8. The zero-order valence-corrected chi connectivity index (χ0v) is 17.7. The molecule has 2 aliphatic heterocycles. The fourth-order valence-corrected chi connectivity index (χ4v) is 5.17. The first-order chi connectivity index (χ1) is 14.1. The van der Waals surface area contributed by atoms with Gasteiger partial charge in [0.2, 0.25) is 5.91 Å². The van der Waals surface area contributed by atoms with Crippen LogP contribution in [0, 0.1) is 0 Å². The first-order valence-electron chi connectivity index (χ1n) is 11.2. The number of aliphatic hydroxyl groups is 1. The van der Waals surface area contributed by atoms with Gasteiger partial charge in [-0.2, -0.15) is 0 Å². The van der Waals surface area contributed by atoms with Crippen LogP contribution in [0.5, 0.6) is 5.75 Å². The molecule has 2 heterocycles. The molecule has 3 aliphatic rings. The van der Waals surface area contributed by atoms with E-state index in [0.717, 1.165) is 56.6 Å². The van der Waals surface area contributed by atoms with Crippen molar-refractivity contribution in [2.24, 2.45) is 0 Å². The van der Waals surface area contributed by atoms with Crippen molar-refractivity contribution in [2.75, 3.05) is 52.9 Å². The van der Waals surface area contributed by atoms with E-state index in [1.54, 1.807) is 7.11 Å². The first-order valence-corrected chi connectivity index (χ1v) is 11.2. The maximum absolute atomic E-state index is 12.8. The molecule has 2 saturated heterocycles. The van der Waals surface area contributed by atoms with Gasteiger partial charge < -0.3 is 14.7 Å². The van der Waals surface area contributed by atoms with Crippen molar-refractivity contribution in [1.82, 2.24) is 14.7 Å². The molecule has 0 bridgehead atoms. The Morgan fingerprint density at radius 2 is 1.66 bits per heavy atom. The predicted molar refractivity (Wildman–Crippen MR) is 113 cm³/mol. The van der Waals surface area contributed by atoms with Crippen molar-refractivity contribution in [3.8, 4) is 5.75 Å². The molecule has 1 saturated carbocycles. The van der Waals surface area contributed by atoms with E-state index < -0.39 is 5.60 Å². The van der Waals surface area contributed by atoms with E-state index >= 15 is 0 Å². The number of rotatable bonds is 5. The van der Waals surface area contributed by atoms with E-state index in [1.165, 1.54) is 25.7 Å². The highest BCUT2D eigenvalue weighted by Crippen LogP contribution is 2.33. The number of amides is 1. The Bertz CT molecular complexity index is 671. The van der Waals surface area contributed by atoms with Crippen LogP contribution in [0.2, 0.25) is 0 Å². The van der Waals surface area contributed by atoms with Crippen LogP contribution < -0.4 is 4.74 Å². The largest absolute Gasteiger partial charge is 0.497 e. The molecule has 4 rings (SSSR count). The molecular weight excluding hydrogens is 366 g/mol. The van der Waals surface area contributed by atoms with Crippen LogP contribution in [-0.4, -0.2) is 84.7 Å². The zero-order chi connectivity index (χ0) is 20.3. The Labute approximate surface area is 174 Å². The number of carbonyl (C=O) groups excluding carboxylic acids is 1. The molecule has 1 aromatic rings. The number of piperidine rings is 1. The van der Waals surface area contributed by atoms with Gasteiger partial charge in [0.25, 0.3) is 0 Å². The molecule has 6 nitrogen and oxygen atoms in total. The molecule has 0 aromatic heterocycles. The zero-order valence-electron chi connectivity index (χ0n) is 17.7. The molecule has 1 N–H and O–H groups in total. The second-order valence-electron chi connectivity index (χ2n) is 8.89. The van der Waals surface area contributed by atoms with Gasteiger partial charge in [-0.15, -0.1) is 0 Å². The van der Waals surface area contributed by atoms with Gasteiger partial charge in [0.15, 0.2) is 0 Å². The van der Waals surface area contributed by atoms with Crippen molar-refractivity contribution in [3.63, 3.8) is 0 Å². The first kappa shape index (κ1) is 20.6. The fourth-order valence-electron chi connectivity index (χ4n) is 5.17. The summed E-state index contributed by atoms with van der Waals surface area (Å²) in [7, 11) is 1.65. The van der Waals surface area contributed by atoms with Crippen LogP contribution in [0.1, 0.15) is 44.1 Å². The molecule has 0 spiro atoms. The summed E-state index contributed by atoms with van der Waals surface area (Å²) in [4.78, 5) is 19.6. The van der Waals surface area contributed by atoms with E-state index in [0.29, 0.717) is 19.4 Å². The second-order valence-corrected chi connectivity index (χ2v) is 8.89. The number of ether oxygens (including phenoxy) is 1. The van der Waals surface area contributed by atoms with Crippen molar-refractivity contribution in [1.29, 1.82) is 0 Å². The van der Waals surface area contributed by atoms with Gasteiger partial charge in [0.1, 0.15) is 5.75 Å². The van der Waals surface area contributed by atoms with Gasteiger partial charge >= 0.3 is 0 Å². The number of likely N-dealkylation sites (tertiary alicyclic amines) is 1. The van der Waals surface area contributed by atoms with Gasteiger partial charge in [0.05, 0.1) is 19.3 Å². The number of benzene rings is 1. The Morgan fingerprint density at radius 1 is 1.03 bits per heavy atom. The third-order valence-electron chi connectivity index (χ3n) is 7.18. The van der Waals surface area contributed by atoms with E-state index in [4.69, 9.17) is 4.74 Å². The summed E-state index contributed by atoms with van der Waals surface area (Å²) in [6, 6.07) is 8.44. The number of methoxy groups -OCH3 is 1. The quantitative estimate of drug-likeness (QED) is 0.819. The summed E-state index contributed by atoms with van der Waals surface area (Å²) in [6.45, 7) is 5.73. The van der Waals surface area contributed by atoms with Crippen LogP contribution in [0.3, 0.4) is 0 Å². The Kier molecular flexibility index (Phi) is 6.42. The van der Waals surface area contributed by atoms with Gasteiger partial charge in [-0.1, -0.05) is 25.0 Å². The highest BCUT2D eigenvalue weighted by molar-refractivity contribution is 5.78. The number of hydrogen-bond acceptors (Lipinski definition) is 5. The predicted octanol–water partition coefficient (Wildman–Crippen LogP) is 2.07.